The molecule has 0 bridgehead atoms. The minimum atomic E-state index is -4.81. The Balaban J connectivity index is 1.20. The summed E-state index contributed by atoms with van der Waals surface area (Å²) in [5.41, 5.74) is -0.967. The van der Waals surface area contributed by atoms with E-state index in [1.165, 1.54) is 6.07 Å². The highest BCUT2D eigenvalue weighted by atomic mass is 35.5. The fourth-order valence-corrected chi connectivity index (χ4v) is 5.34. The minimum Gasteiger partial charge on any atom is -0.382 e. The van der Waals surface area contributed by atoms with Crippen LogP contribution in [0.2, 0.25) is 10.0 Å². The molecule has 2 aromatic carbocycles. The molecule has 1 aliphatic carbocycles. The van der Waals surface area contributed by atoms with Crippen LogP contribution in [-0.2, 0) is 10.9 Å². The number of nitrogens with one attached hydrogen (secondary N) is 1. The van der Waals surface area contributed by atoms with E-state index >= 15 is 0 Å². The van der Waals surface area contributed by atoms with Gasteiger partial charge in [0, 0.05) is 49.7 Å². The molecule has 1 heterocycles. The summed E-state index contributed by atoms with van der Waals surface area (Å²) in [6, 6.07) is 8.58. The molecule has 1 saturated heterocycles. The van der Waals surface area contributed by atoms with Crippen LogP contribution in [0.3, 0.4) is 0 Å². The lowest BCUT2D eigenvalue weighted by molar-refractivity contribution is -0.388. The minimum absolute atomic E-state index is 0.0195. The van der Waals surface area contributed by atoms with E-state index < -0.39 is 22.4 Å². The van der Waals surface area contributed by atoms with Crippen molar-refractivity contribution in [1.82, 2.24) is 4.90 Å². The van der Waals surface area contributed by atoms with Crippen molar-refractivity contribution >= 4 is 57.5 Å². The molecule has 206 valence electrons. The third kappa shape index (κ3) is 7.19. The van der Waals surface area contributed by atoms with E-state index in [2.05, 4.69) is 15.1 Å². The number of ether oxygens (including phenoxy) is 1. The SMILES string of the molecule is O=[N+]([O-])c1ccc(NC2CCC(OCC(=S)N3CCN(c4ccc(Cl)c(Cl)c4)CC3)CC2)cc1C(F)(F)F. The van der Waals surface area contributed by atoms with Gasteiger partial charge in [-0.15, -0.1) is 0 Å². The Hall–Kier alpha value is -2.34. The van der Waals surface area contributed by atoms with Gasteiger partial charge in [-0.1, -0.05) is 35.4 Å². The van der Waals surface area contributed by atoms with Gasteiger partial charge < -0.3 is 19.9 Å². The fourth-order valence-electron chi connectivity index (χ4n) is 4.80. The van der Waals surface area contributed by atoms with E-state index in [-0.39, 0.29) is 17.8 Å². The van der Waals surface area contributed by atoms with E-state index in [1.54, 1.807) is 6.07 Å². The lowest BCUT2D eigenvalue weighted by atomic mass is 9.92. The highest BCUT2D eigenvalue weighted by Crippen LogP contribution is 2.38. The number of nitrogens with zero attached hydrogens (tertiary/aromatic N) is 3. The predicted molar refractivity (Wildman–Crippen MR) is 147 cm³/mol. The van der Waals surface area contributed by atoms with Gasteiger partial charge in [-0.3, -0.25) is 10.1 Å². The zero-order valence-electron chi connectivity index (χ0n) is 20.3. The molecule has 2 aliphatic rings. The Morgan fingerprint density at radius 2 is 1.74 bits per heavy atom. The number of alkyl halides is 3. The monoisotopic (exact) mass is 590 g/mol. The Bertz CT molecular complexity index is 1170. The molecule has 0 spiro atoms. The molecule has 2 aromatic rings. The molecule has 2 fully saturated rings. The summed E-state index contributed by atoms with van der Waals surface area (Å²) < 4.78 is 45.8. The summed E-state index contributed by atoms with van der Waals surface area (Å²) in [7, 11) is 0. The molecule has 1 saturated carbocycles. The van der Waals surface area contributed by atoms with Gasteiger partial charge in [0.1, 0.15) is 10.6 Å². The van der Waals surface area contributed by atoms with Crippen molar-refractivity contribution in [1.29, 1.82) is 0 Å². The van der Waals surface area contributed by atoms with Crippen LogP contribution in [0.15, 0.2) is 36.4 Å². The zero-order valence-corrected chi connectivity index (χ0v) is 22.7. The first-order chi connectivity index (χ1) is 18.0. The molecular formula is C25H27Cl2F3N4O3S. The van der Waals surface area contributed by atoms with Crippen LogP contribution in [-0.4, -0.2) is 59.7 Å². The number of rotatable bonds is 7. The van der Waals surface area contributed by atoms with E-state index in [1.807, 2.05) is 12.1 Å². The highest BCUT2D eigenvalue weighted by Gasteiger charge is 2.38. The first-order valence-corrected chi connectivity index (χ1v) is 13.4. The Kier molecular flexibility index (Phi) is 9.23. The van der Waals surface area contributed by atoms with Gasteiger partial charge in [-0.25, -0.2) is 0 Å². The molecular weight excluding hydrogens is 564 g/mol. The molecule has 0 aromatic heterocycles. The number of hydrogen-bond acceptors (Lipinski definition) is 6. The van der Waals surface area contributed by atoms with Crippen LogP contribution in [0, 0.1) is 10.1 Å². The largest absolute Gasteiger partial charge is 0.423 e. The normalized spacial score (nSPS) is 20.3. The number of thiocarbonyl (C=S) groups is 1. The standard InChI is InChI=1S/C25H27Cl2F3N4O3S/c26-21-7-4-18(14-22(21)27)32-9-11-33(12-10-32)24(38)15-37-19-5-1-16(2-6-19)31-17-3-8-23(34(35)36)20(13-17)25(28,29)30/h3-4,7-8,13-14,16,19,31H,1-2,5-6,9-12,15H2. The number of nitro groups is 1. The van der Waals surface area contributed by atoms with Crippen molar-refractivity contribution < 1.29 is 22.8 Å². The number of halogens is 5. The molecule has 4 rings (SSSR count). The quantitative estimate of drug-likeness (QED) is 0.216. The molecule has 1 N–H and O–H groups in total. The summed E-state index contributed by atoms with van der Waals surface area (Å²) in [5.74, 6) is 0. The number of anilines is 2. The van der Waals surface area contributed by atoms with Crippen LogP contribution < -0.4 is 10.2 Å². The maximum absolute atomic E-state index is 13.3. The van der Waals surface area contributed by atoms with Crippen LogP contribution in [0.4, 0.5) is 30.2 Å². The maximum Gasteiger partial charge on any atom is 0.423 e. The smallest absolute Gasteiger partial charge is 0.382 e. The first-order valence-electron chi connectivity index (χ1n) is 12.2. The van der Waals surface area contributed by atoms with E-state index in [0.717, 1.165) is 61.8 Å². The molecule has 38 heavy (non-hydrogen) atoms. The van der Waals surface area contributed by atoms with E-state index in [9.17, 15) is 23.3 Å². The second-order valence-electron chi connectivity index (χ2n) is 9.38. The number of nitro benzene ring substituents is 1. The van der Waals surface area contributed by atoms with Crippen molar-refractivity contribution in [2.24, 2.45) is 0 Å². The number of piperazine rings is 1. The summed E-state index contributed by atoms with van der Waals surface area (Å²) in [6.45, 7) is 3.49. The Labute approximate surface area is 234 Å². The average molecular weight is 591 g/mol. The molecule has 0 radical (unpaired) electrons. The van der Waals surface area contributed by atoms with Gasteiger partial charge in [0.15, 0.2) is 0 Å². The molecule has 1 aliphatic heterocycles. The topological polar surface area (TPSA) is 70.9 Å². The van der Waals surface area contributed by atoms with Gasteiger partial charge in [0.2, 0.25) is 0 Å². The van der Waals surface area contributed by atoms with Crippen molar-refractivity contribution in [3.63, 3.8) is 0 Å². The number of benzene rings is 2. The van der Waals surface area contributed by atoms with E-state index in [4.69, 9.17) is 40.2 Å². The van der Waals surface area contributed by atoms with Gasteiger partial charge in [0.05, 0.1) is 27.7 Å². The lowest BCUT2D eigenvalue weighted by Crippen LogP contribution is -2.49. The van der Waals surface area contributed by atoms with Gasteiger partial charge in [-0.05, 0) is 56.0 Å². The number of hydrogen-bond donors (Lipinski definition) is 1. The molecule has 7 nitrogen and oxygen atoms in total. The van der Waals surface area contributed by atoms with Crippen molar-refractivity contribution in [3.05, 3.63) is 62.1 Å². The van der Waals surface area contributed by atoms with Gasteiger partial charge >= 0.3 is 6.18 Å². The first kappa shape index (κ1) is 28.7. The van der Waals surface area contributed by atoms with Gasteiger partial charge in [0.25, 0.3) is 5.69 Å². The zero-order chi connectivity index (χ0) is 27.4. The van der Waals surface area contributed by atoms with Crippen molar-refractivity contribution in [2.45, 2.75) is 44.0 Å². The molecule has 0 atom stereocenters. The van der Waals surface area contributed by atoms with Crippen LogP contribution >= 0.6 is 35.4 Å². The fraction of sp³-hybridized carbons (Fsp3) is 0.480. The second kappa shape index (κ2) is 12.2. The molecule has 13 heteroatoms. The third-order valence-electron chi connectivity index (χ3n) is 6.89. The van der Waals surface area contributed by atoms with Crippen molar-refractivity contribution in [3.8, 4) is 0 Å². The van der Waals surface area contributed by atoms with Crippen LogP contribution in [0.25, 0.3) is 0 Å². The predicted octanol–water partition coefficient (Wildman–Crippen LogP) is 6.81. The maximum atomic E-state index is 13.3. The van der Waals surface area contributed by atoms with Crippen LogP contribution in [0.1, 0.15) is 31.2 Å². The third-order valence-corrected chi connectivity index (χ3v) is 8.00. The summed E-state index contributed by atoms with van der Waals surface area (Å²) in [6.07, 6.45) is -1.89. The summed E-state index contributed by atoms with van der Waals surface area (Å²) >= 11 is 17.8. The average Bonchev–Trinajstić information content (AvgIpc) is 2.89. The van der Waals surface area contributed by atoms with Gasteiger partial charge in [-0.2, -0.15) is 13.2 Å². The summed E-state index contributed by atoms with van der Waals surface area (Å²) in [4.78, 5) is 15.1. The van der Waals surface area contributed by atoms with E-state index in [0.29, 0.717) is 29.5 Å². The summed E-state index contributed by atoms with van der Waals surface area (Å²) in [5, 5.41) is 15.1. The highest BCUT2D eigenvalue weighted by molar-refractivity contribution is 7.80. The lowest BCUT2D eigenvalue weighted by Gasteiger charge is -2.38. The van der Waals surface area contributed by atoms with Crippen LogP contribution in [0.5, 0.6) is 0 Å². The van der Waals surface area contributed by atoms with Crippen molar-refractivity contribution in [2.75, 3.05) is 43.0 Å². The molecule has 0 amide bonds. The Morgan fingerprint density at radius 3 is 2.34 bits per heavy atom. The Morgan fingerprint density at radius 1 is 1.05 bits per heavy atom. The molecule has 0 unspecified atom stereocenters. The second-order valence-corrected chi connectivity index (χ2v) is 10.7.